The third kappa shape index (κ3) is 4.24. The van der Waals surface area contributed by atoms with Gasteiger partial charge in [-0.2, -0.15) is 10.4 Å². The summed E-state index contributed by atoms with van der Waals surface area (Å²) in [7, 11) is 1.48. The predicted octanol–water partition coefficient (Wildman–Crippen LogP) is 3.06. The van der Waals surface area contributed by atoms with Gasteiger partial charge in [0, 0.05) is 36.7 Å². The van der Waals surface area contributed by atoms with Gasteiger partial charge in [0.15, 0.2) is 5.69 Å². The summed E-state index contributed by atoms with van der Waals surface area (Å²) in [6.45, 7) is 6.46. The van der Waals surface area contributed by atoms with Gasteiger partial charge in [-0.15, -0.1) is 0 Å². The molecular formula is C25H25N7O4. The Hall–Kier alpha value is -4.72. The molecule has 36 heavy (non-hydrogen) atoms. The number of nitrogens with one attached hydrogen (secondary N) is 1. The van der Waals surface area contributed by atoms with E-state index in [1.54, 1.807) is 18.3 Å². The summed E-state index contributed by atoms with van der Waals surface area (Å²) in [4.78, 5) is 30.3. The van der Waals surface area contributed by atoms with Crippen LogP contribution in [-0.2, 0) is 13.6 Å². The van der Waals surface area contributed by atoms with Crippen LogP contribution in [0.4, 0.5) is 5.69 Å². The summed E-state index contributed by atoms with van der Waals surface area (Å²) in [6, 6.07) is 9.47. The first-order valence-corrected chi connectivity index (χ1v) is 11.3. The van der Waals surface area contributed by atoms with Crippen LogP contribution in [0.1, 0.15) is 64.4 Å². The minimum absolute atomic E-state index is 0.250. The Balaban J connectivity index is 1.89. The van der Waals surface area contributed by atoms with Crippen molar-refractivity contribution in [3.8, 4) is 11.8 Å². The van der Waals surface area contributed by atoms with Gasteiger partial charge < -0.3 is 14.9 Å². The van der Waals surface area contributed by atoms with Gasteiger partial charge in [-0.3, -0.25) is 18.8 Å². The van der Waals surface area contributed by atoms with Gasteiger partial charge in [-0.25, -0.2) is 4.98 Å². The van der Waals surface area contributed by atoms with Crippen molar-refractivity contribution >= 4 is 11.6 Å². The molecule has 0 fully saturated rings. The van der Waals surface area contributed by atoms with Crippen molar-refractivity contribution < 1.29 is 14.4 Å². The predicted molar refractivity (Wildman–Crippen MR) is 130 cm³/mol. The molecule has 4 aromatic rings. The summed E-state index contributed by atoms with van der Waals surface area (Å²) in [5.41, 5.74) is 2.06. The highest BCUT2D eigenvalue weighted by Crippen LogP contribution is 2.40. The number of hydrogen-bond acceptors (Lipinski definition) is 8. The summed E-state index contributed by atoms with van der Waals surface area (Å²) < 4.78 is 7.78. The number of benzene rings is 1. The first kappa shape index (κ1) is 24.4. The third-order valence-electron chi connectivity index (χ3n) is 6.31. The lowest BCUT2D eigenvalue weighted by Gasteiger charge is -2.27. The summed E-state index contributed by atoms with van der Waals surface area (Å²) in [5.74, 6) is -2.21. The molecule has 2 N–H and O–H groups in total. The lowest BCUT2D eigenvalue weighted by Crippen LogP contribution is -2.29. The van der Waals surface area contributed by atoms with Crippen LogP contribution in [0.3, 0.4) is 0 Å². The minimum atomic E-state index is -0.786. The zero-order valence-corrected chi connectivity index (χ0v) is 20.3. The molecule has 0 unspecified atom stereocenters. The monoisotopic (exact) mass is 487 g/mol. The highest BCUT2D eigenvalue weighted by atomic mass is 16.5. The molecular weight excluding hydrogens is 462 g/mol. The zero-order valence-electron chi connectivity index (χ0n) is 20.3. The second-order valence-corrected chi connectivity index (χ2v) is 8.37. The van der Waals surface area contributed by atoms with Crippen molar-refractivity contribution in [1.82, 2.24) is 24.5 Å². The number of amides is 1. The van der Waals surface area contributed by atoms with Gasteiger partial charge in [-0.05, 0) is 25.5 Å². The molecule has 3 heterocycles. The number of aryl methyl sites for hydroxylation is 1. The number of aromatic hydroxyl groups is 1. The van der Waals surface area contributed by atoms with Gasteiger partial charge in [0.2, 0.25) is 5.75 Å². The van der Waals surface area contributed by atoms with Gasteiger partial charge in [0.1, 0.15) is 17.8 Å². The van der Waals surface area contributed by atoms with Crippen LogP contribution in [0.15, 0.2) is 52.2 Å². The standard InChI is InChI=1S/C25H25N7O4/c1-5-32-15(3)19(12-27-32)20(18-9-7-6-8-16(18)10-26)14(2)23-30-21(22(33)25(35)31(23)4)24(34)29-17-11-28-36-13-17/h6-9,11-14,20,33H,5H2,1-4H3,(H,29,34)/t14-,20-/m0/s1. The molecule has 0 spiro atoms. The Morgan fingerprint density at radius 1 is 1.28 bits per heavy atom. The van der Waals surface area contributed by atoms with E-state index in [0.29, 0.717) is 12.1 Å². The van der Waals surface area contributed by atoms with Crippen molar-refractivity contribution in [3.63, 3.8) is 0 Å². The van der Waals surface area contributed by atoms with Gasteiger partial charge in [-0.1, -0.05) is 30.3 Å². The fourth-order valence-corrected chi connectivity index (χ4v) is 4.44. The fraction of sp³-hybridized carbons (Fsp3) is 0.280. The van der Waals surface area contributed by atoms with Gasteiger partial charge >= 0.3 is 0 Å². The highest BCUT2D eigenvalue weighted by molar-refractivity contribution is 6.04. The number of nitriles is 1. The molecule has 3 aromatic heterocycles. The van der Waals surface area contributed by atoms with Crippen LogP contribution in [-0.4, -0.2) is 35.5 Å². The summed E-state index contributed by atoms with van der Waals surface area (Å²) in [5, 5.41) is 30.8. The van der Waals surface area contributed by atoms with Crippen LogP contribution in [0.25, 0.3) is 0 Å². The number of hydrogen-bond donors (Lipinski definition) is 2. The summed E-state index contributed by atoms with van der Waals surface area (Å²) >= 11 is 0. The van der Waals surface area contributed by atoms with E-state index in [-0.39, 0.29) is 11.5 Å². The molecule has 0 saturated carbocycles. The van der Waals surface area contributed by atoms with E-state index >= 15 is 0 Å². The second-order valence-electron chi connectivity index (χ2n) is 8.37. The Kier molecular flexibility index (Phi) is 6.69. The Bertz CT molecular complexity index is 1510. The highest BCUT2D eigenvalue weighted by Gasteiger charge is 2.32. The average Bonchev–Trinajstić information content (AvgIpc) is 3.52. The number of aromatic nitrogens is 5. The molecule has 0 aliphatic heterocycles. The van der Waals surface area contributed by atoms with E-state index in [0.717, 1.165) is 16.8 Å². The van der Waals surface area contributed by atoms with Crippen LogP contribution in [0.5, 0.6) is 5.75 Å². The maximum absolute atomic E-state index is 13.0. The molecule has 184 valence electrons. The lowest BCUT2D eigenvalue weighted by molar-refractivity contribution is 0.101. The Labute approximate surface area is 206 Å². The molecule has 2 atom stereocenters. The summed E-state index contributed by atoms with van der Waals surface area (Å²) in [6.07, 6.45) is 4.25. The smallest absolute Gasteiger partial charge is 0.296 e. The lowest BCUT2D eigenvalue weighted by atomic mass is 9.79. The number of carbonyl (C=O) groups excluding carboxylic acids is 1. The largest absolute Gasteiger partial charge is 0.501 e. The SMILES string of the molecule is CCn1ncc([C@H](c2ccccc2C#N)[C@H](C)c2nc(C(=O)Nc3cnoc3)c(O)c(=O)n2C)c1C. The number of carbonyl (C=O) groups is 1. The van der Waals surface area contributed by atoms with Gasteiger partial charge in [0.05, 0.1) is 24.0 Å². The van der Waals surface area contributed by atoms with Crippen molar-refractivity contribution in [2.24, 2.45) is 7.05 Å². The van der Waals surface area contributed by atoms with Crippen molar-refractivity contribution in [2.75, 3.05) is 5.32 Å². The van der Waals surface area contributed by atoms with E-state index in [4.69, 9.17) is 4.52 Å². The van der Waals surface area contributed by atoms with E-state index in [1.165, 1.54) is 24.1 Å². The average molecular weight is 488 g/mol. The third-order valence-corrected chi connectivity index (χ3v) is 6.31. The normalized spacial score (nSPS) is 12.6. The molecule has 0 bridgehead atoms. The Morgan fingerprint density at radius 3 is 2.67 bits per heavy atom. The van der Waals surface area contributed by atoms with E-state index < -0.39 is 34.7 Å². The molecule has 11 nitrogen and oxygen atoms in total. The fourth-order valence-electron chi connectivity index (χ4n) is 4.44. The molecule has 0 radical (unpaired) electrons. The molecule has 0 aliphatic carbocycles. The van der Waals surface area contributed by atoms with Crippen molar-refractivity contribution in [2.45, 2.75) is 39.2 Å². The Morgan fingerprint density at radius 2 is 2.03 bits per heavy atom. The zero-order chi connectivity index (χ0) is 26.0. The molecule has 11 heteroatoms. The van der Waals surface area contributed by atoms with E-state index in [9.17, 15) is 20.0 Å². The minimum Gasteiger partial charge on any atom is -0.501 e. The first-order chi connectivity index (χ1) is 17.3. The quantitative estimate of drug-likeness (QED) is 0.403. The maximum Gasteiger partial charge on any atom is 0.296 e. The first-order valence-electron chi connectivity index (χ1n) is 11.3. The van der Waals surface area contributed by atoms with Crippen molar-refractivity contribution in [1.29, 1.82) is 5.26 Å². The van der Waals surface area contributed by atoms with E-state index in [2.05, 4.69) is 26.6 Å². The van der Waals surface area contributed by atoms with Crippen LogP contribution in [0.2, 0.25) is 0 Å². The molecule has 4 rings (SSSR count). The van der Waals surface area contributed by atoms with Crippen LogP contribution in [0, 0.1) is 18.3 Å². The molecule has 1 aromatic carbocycles. The topological polar surface area (TPSA) is 152 Å². The number of rotatable bonds is 7. The maximum atomic E-state index is 13.0. The number of nitrogens with zero attached hydrogens (tertiary/aromatic N) is 6. The van der Waals surface area contributed by atoms with Crippen LogP contribution < -0.4 is 10.9 Å². The van der Waals surface area contributed by atoms with Crippen LogP contribution >= 0.6 is 0 Å². The van der Waals surface area contributed by atoms with E-state index in [1.807, 2.05) is 37.6 Å². The second kappa shape index (κ2) is 9.87. The van der Waals surface area contributed by atoms with Crippen molar-refractivity contribution in [3.05, 3.63) is 87.2 Å². The molecule has 1 amide bonds. The van der Waals surface area contributed by atoms with Gasteiger partial charge in [0.25, 0.3) is 11.5 Å². The number of anilines is 1. The molecule has 0 saturated heterocycles. The molecule has 0 aliphatic rings.